The topological polar surface area (TPSA) is 27.3 Å². The van der Waals surface area contributed by atoms with E-state index in [-0.39, 0.29) is 0 Å². The maximum atomic E-state index is 5.47. The molecule has 1 aliphatic heterocycles. The zero-order chi connectivity index (χ0) is 15.0. The van der Waals surface area contributed by atoms with Crippen molar-refractivity contribution in [2.75, 3.05) is 5.01 Å². The number of nitrogens with one attached hydrogen (secondary N) is 2. The van der Waals surface area contributed by atoms with Gasteiger partial charge in [-0.1, -0.05) is 44.0 Å². The van der Waals surface area contributed by atoms with Crippen LogP contribution in [0.5, 0.6) is 0 Å². The van der Waals surface area contributed by atoms with E-state index in [0.29, 0.717) is 5.11 Å². The summed E-state index contributed by atoms with van der Waals surface area (Å²) in [6.45, 7) is 2.07. The monoisotopic (exact) mass is 425 g/mol. The van der Waals surface area contributed by atoms with Gasteiger partial charge < -0.3 is 5.32 Å². The van der Waals surface area contributed by atoms with Crippen LogP contribution in [0.2, 0.25) is 0 Å². The molecule has 2 aromatic carbocycles. The summed E-state index contributed by atoms with van der Waals surface area (Å²) in [5, 5.41) is 5.89. The lowest BCUT2D eigenvalue weighted by atomic mass is 10.0. The molecule has 1 saturated heterocycles. The van der Waals surface area contributed by atoms with Crippen molar-refractivity contribution in [3.05, 3.63) is 63.0 Å². The molecule has 108 valence electrons. The maximum Gasteiger partial charge on any atom is 0.190 e. The summed E-state index contributed by atoms with van der Waals surface area (Å²) >= 11 is 12.4. The molecular weight excluding hydrogens is 414 g/mol. The second-order valence-electron chi connectivity index (χ2n) is 4.99. The highest BCUT2D eigenvalue weighted by Crippen LogP contribution is 2.28. The van der Waals surface area contributed by atoms with E-state index in [2.05, 4.69) is 61.7 Å². The molecule has 1 aliphatic rings. The van der Waals surface area contributed by atoms with Crippen molar-refractivity contribution < 1.29 is 0 Å². The molecule has 6 heteroatoms. The molecule has 0 amide bonds. The molecular formula is C15H13Br2N3S. The van der Waals surface area contributed by atoms with E-state index < -0.39 is 5.66 Å². The number of halogens is 2. The van der Waals surface area contributed by atoms with Crippen LogP contribution in [0.1, 0.15) is 12.5 Å². The van der Waals surface area contributed by atoms with E-state index in [1.165, 1.54) is 0 Å². The first kappa shape index (κ1) is 15.0. The Hall–Kier alpha value is -0.950. The maximum absolute atomic E-state index is 5.47. The van der Waals surface area contributed by atoms with Gasteiger partial charge in [-0.05, 0) is 61.1 Å². The van der Waals surface area contributed by atoms with Gasteiger partial charge >= 0.3 is 0 Å². The van der Waals surface area contributed by atoms with Gasteiger partial charge in [0.15, 0.2) is 5.11 Å². The fourth-order valence-electron chi connectivity index (χ4n) is 2.28. The average molecular weight is 427 g/mol. The third kappa shape index (κ3) is 2.99. The molecule has 2 aromatic rings. The first-order valence-corrected chi connectivity index (χ1v) is 8.39. The molecule has 0 aromatic heterocycles. The minimum Gasteiger partial charge on any atom is -0.338 e. The number of hydrogen-bond acceptors (Lipinski definition) is 2. The average Bonchev–Trinajstić information content (AvgIpc) is 2.76. The van der Waals surface area contributed by atoms with E-state index in [1.807, 2.05) is 41.4 Å². The summed E-state index contributed by atoms with van der Waals surface area (Å²) in [6.07, 6.45) is 0. The van der Waals surface area contributed by atoms with Gasteiger partial charge in [0, 0.05) is 8.95 Å². The van der Waals surface area contributed by atoms with Gasteiger partial charge in [0.05, 0.1) is 5.69 Å². The minimum atomic E-state index is -0.437. The Morgan fingerprint density at radius 1 is 1.05 bits per heavy atom. The van der Waals surface area contributed by atoms with Gasteiger partial charge in [0.25, 0.3) is 0 Å². The molecule has 2 N–H and O–H groups in total. The van der Waals surface area contributed by atoms with Crippen LogP contribution in [0.15, 0.2) is 57.5 Å². The van der Waals surface area contributed by atoms with Crippen molar-refractivity contribution in [1.29, 1.82) is 0 Å². The summed E-state index contributed by atoms with van der Waals surface area (Å²) in [7, 11) is 0. The molecule has 0 aliphatic carbocycles. The fraction of sp³-hybridized carbons (Fsp3) is 0.133. The van der Waals surface area contributed by atoms with Crippen LogP contribution in [-0.2, 0) is 5.66 Å². The molecule has 1 heterocycles. The van der Waals surface area contributed by atoms with Crippen LogP contribution in [-0.4, -0.2) is 5.11 Å². The van der Waals surface area contributed by atoms with Gasteiger partial charge in [-0.2, -0.15) is 5.43 Å². The first-order chi connectivity index (χ1) is 9.98. The number of anilines is 1. The number of hydrazine groups is 1. The second-order valence-corrected chi connectivity index (χ2v) is 7.21. The summed E-state index contributed by atoms with van der Waals surface area (Å²) < 4.78 is 2.08. The molecule has 0 bridgehead atoms. The van der Waals surface area contributed by atoms with Gasteiger partial charge in [-0.15, -0.1) is 0 Å². The van der Waals surface area contributed by atoms with E-state index in [0.717, 1.165) is 20.2 Å². The lowest BCUT2D eigenvalue weighted by molar-refractivity contribution is 0.389. The molecule has 1 atom stereocenters. The van der Waals surface area contributed by atoms with Gasteiger partial charge in [0.2, 0.25) is 0 Å². The number of hydrogen-bond donors (Lipinski definition) is 2. The van der Waals surface area contributed by atoms with Crippen LogP contribution in [0.3, 0.4) is 0 Å². The van der Waals surface area contributed by atoms with Crippen LogP contribution < -0.4 is 15.8 Å². The lowest BCUT2D eigenvalue weighted by Gasteiger charge is -2.26. The standard InChI is InChI=1S/C15H13Br2N3S/c1-15(10-3-2-4-12(17)9-10)18-14(21)20(19-15)13-7-5-11(16)6-8-13/h2-9,19H,1H3,(H,18,21). The molecule has 0 radical (unpaired) electrons. The molecule has 0 saturated carbocycles. The Bertz CT molecular complexity index is 690. The van der Waals surface area contributed by atoms with Crippen LogP contribution in [0, 0.1) is 0 Å². The van der Waals surface area contributed by atoms with Crippen LogP contribution in [0.4, 0.5) is 5.69 Å². The third-order valence-electron chi connectivity index (χ3n) is 3.38. The van der Waals surface area contributed by atoms with Crippen molar-refractivity contribution in [1.82, 2.24) is 10.7 Å². The van der Waals surface area contributed by atoms with E-state index in [4.69, 9.17) is 12.2 Å². The van der Waals surface area contributed by atoms with Gasteiger partial charge in [0.1, 0.15) is 5.66 Å². The highest BCUT2D eigenvalue weighted by atomic mass is 79.9. The molecule has 3 nitrogen and oxygen atoms in total. The Labute approximate surface area is 146 Å². The van der Waals surface area contributed by atoms with E-state index in [1.54, 1.807) is 0 Å². The van der Waals surface area contributed by atoms with Crippen molar-refractivity contribution >= 4 is 54.9 Å². The largest absolute Gasteiger partial charge is 0.338 e. The predicted octanol–water partition coefficient (Wildman–Crippen LogP) is 4.28. The zero-order valence-electron chi connectivity index (χ0n) is 11.2. The summed E-state index contributed by atoms with van der Waals surface area (Å²) in [5.74, 6) is 0. The Kier molecular flexibility index (Phi) is 4.05. The number of thiocarbonyl (C=S) groups is 1. The molecule has 21 heavy (non-hydrogen) atoms. The first-order valence-electron chi connectivity index (χ1n) is 6.40. The molecule has 0 spiro atoms. The molecule has 3 rings (SSSR count). The molecule has 1 fully saturated rings. The van der Waals surface area contributed by atoms with Crippen LogP contribution >= 0.6 is 44.1 Å². The predicted molar refractivity (Wildman–Crippen MR) is 97.0 cm³/mol. The smallest absolute Gasteiger partial charge is 0.190 e. The van der Waals surface area contributed by atoms with Gasteiger partial charge in [-0.3, -0.25) is 0 Å². The van der Waals surface area contributed by atoms with Crippen molar-refractivity contribution in [3.63, 3.8) is 0 Å². The van der Waals surface area contributed by atoms with Crippen LogP contribution in [0.25, 0.3) is 0 Å². The summed E-state index contributed by atoms with van der Waals surface area (Å²) in [4.78, 5) is 0. The third-order valence-corrected chi connectivity index (χ3v) is 4.69. The SMILES string of the molecule is CC1(c2cccc(Br)c2)NC(=S)N(c2ccc(Br)cc2)N1. The zero-order valence-corrected chi connectivity index (χ0v) is 15.2. The molecule has 1 unspecified atom stereocenters. The highest BCUT2D eigenvalue weighted by molar-refractivity contribution is 9.10. The Balaban J connectivity index is 1.92. The fourth-order valence-corrected chi connectivity index (χ4v) is 3.30. The Morgan fingerprint density at radius 3 is 2.43 bits per heavy atom. The second kappa shape index (κ2) is 5.68. The van der Waals surface area contributed by atoms with Gasteiger partial charge in [-0.25, -0.2) is 5.01 Å². The van der Waals surface area contributed by atoms with Crippen molar-refractivity contribution in [3.8, 4) is 0 Å². The summed E-state index contributed by atoms with van der Waals surface area (Å²) in [5.41, 5.74) is 5.11. The number of benzene rings is 2. The van der Waals surface area contributed by atoms with Crippen molar-refractivity contribution in [2.45, 2.75) is 12.6 Å². The van der Waals surface area contributed by atoms with E-state index in [9.17, 15) is 0 Å². The van der Waals surface area contributed by atoms with Crippen molar-refractivity contribution in [2.24, 2.45) is 0 Å². The lowest BCUT2D eigenvalue weighted by Crippen LogP contribution is -2.45. The highest BCUT2D eigenvalue weighted by Gasteiger charge is 2.38. The van der Waals surface area contributed by atoms with E-state index >= 15 is 0 Å². The number of nitrogens with zero attached hydrogens (tertiary/aromatic N) is 1. The minimum absolute atomic E-state index is 0.437. The quantitative estimate of drug-likeness (QED) is 0.700. The number of rotatable bonds is 2. The summed E-state index contributed by atoms with van der Waals surface area (Å²) in [6, 6.07) is 16.2. The Morgan fingerprint density at radius 2 is 1.76 bits per heavy atom. The normalized spacial score (nSPS) is 21.5.